The summed E-state index contributed by atoms with van der Waals surface area (Å²) in [6.45, 7) is 0.531. The highest BCUT2D eigenvalue weighted by Crippen LogP contribution is 2.13. The van der Waals surface area contributed by atoms with Crippen molar-refractivity contribution >= 4 is 11.6 Å². The van der Waals surface area contributed by atoms with Crippen molar-refractivity contribution in [1.82, 2.24) is 0 Å². The van der Waals surface area contributed by atoms with Crippen LogP contribution in [-0.4, -0.2) is 6.61 Å². The molecule has 2 aromatic carbocycles. The molecule has 94 valence electrons. The highest BCUT2D eigenvalue weighted by atomic mass is 35.5. The second kappa shape index (κ2) is 6.41. The number of benzene rings is 2. The lowest BCUT2D eigenvalue weighted by Crippen LogP contribution is -2.01. The van der Waals surface area contributed by atoms with Gasteiger partial charge in [0.1, 0.15) is 11.6 Å². The van der Waals surface area contributed by atoms with Crippen LogP contribution in [0.2, 0.25) is 0 Å². The molecule has 0 fully saturated rings. The zero-order chi connectivity index (χ0) is 12.8. The van der Waals surface area contributed by atoms with Gasteiger partial charge in [-0.3, -0.25) is 0 Å². The average molecular weight is 265 g/mol. The molecule has 0 aliphatic heterocycles. The van der Waals surface area contributed by atoms with Crippen LogP contribution in [0, 0.1) is 5.82 Å². The first kappa shape index (κ1) is 12.9. The van der Waals surface area contributed by atoms with Crippen LogP contribution < -0.4 is 4.74 Å². The topological polar surface area (TPSA) is 9.23 Å². The number of halogens is 2. The Kier molecular flexibility index (Phi) is 4.59. The minimum atomic E-state index is -0.279. The average Bonchev–Trinajstić information content (AvgIpc) is 2.40. The molecule has 3 heteroatoms. The maximum absolute atomic E-state index is 12.9. The zero-order valence-corrected chi connectivity index (χ0v) is 10.7. The zero-order valence-electron chi connectivity index (χ0n) is 9.90. The van der Waals surface area contributed by atoms with Gasteiger partial charge < -0.3 is 4.74 Å². The first-order valence-corrected chi connectivity index (χ1v) is 6.33. The van der Waals surface area contributed by atoms with Crippen molar-refractivity contribution in [2.24, 2.45) is 0 Å². The molecule has 0 saturated heterocycles. The Hall–Kier alpha value is -1.54. The molecule has 2 aromatic rings. The van der Waals surface area contributed by atoms with Crippen LogP contribution in [0.4, 0.5) is 4.39 Å². The van der Waals surface area contributed by atoms with E-state index < -0.39 is 0 Å². The third-order valence-corrected chi connectivity index (χ3v) is 2.94. The largest absolute Gasteiger partial charge is 0.493 e. The molecule has 0 atom stereocenters. The summed E-state index contributed by atoms with van der Waals surface area (Å²) < 4.78 is 18.4. The van der Waals surface area contributed by atoms with Crippen LogP contribution in [0.5, 0.6) is 5.75 Å². The molecule has 0 aliphatic carbocycles. The summed E-state index contributed by atoms with van der Waals surface area (Å²) in [5.74, 6) is 0.812. The van der Waals surface area contributed by atoms with Gasteiger partial charge in [-0.25, -0.2) is 4.39 Å². The van der Waals surface area contributed by atoms with E-state index in [2.05, 4.69) is 0 Å². The van der Waals surface area contributed by atoms with Gasteiger partial charge in [-0.15, -0.1) is 11.6 Å². The smallest absolute Gasteiger partial charge is 0.126 e. The minimum Gasteiger partial charge on any atom is -0.493 e. The van der Waals surface area contributed by atoms with Crippen LogP contribution in [0.15, 0.2) is 48.5 Å². The third-order valence-electron chi connectivity index (χ3n) is 2.63. The van der Waals surface area contributed by atoms with E-state index in [1.165, 1.54) is 17.7 Å². The molecule has 2 rings (SSSR count). The number of rotatable bonds is 5. The number of alkyl halides is 1. The van der Waals surface area contributed by atoms with Crippen LogP contribution in [0.25, 0.3) is 0 Å². The second-order valence-electron chi connectivity index (χ2n) is 4.01. The van der Waals surface area contributed by atoms with E-state index in [9.17, 15) is 4.39 Å². The standard InChI is InChI=1S/C15H14ClFO/c16-11-13-6-4-12(5-7-13)8-9-18-15-3-1-2-14(17)10-15/h1-7,10H,8-9,11H2. The Labute approximate surface area is 111 Å². The maximum atomic E-state index is 12.9. The van der Waals surface area contributed by atoms with Gasteiger partial charge in [-0.05, 0) is 23.3 Å². The molecular formula is C15H14ClFO. The lowest BCUT2D eigenvalue weighted by Gasteiger charge is -2.06. The Bertz CT molecular complexity index is 496. The molecule has 0 aliphatic rings. The molecule has 0 bridgehead atoms. The summed E-state index contributed by atoms with van der Waals surface area (Å²) in [5, 5.41) is 0. The number of ether oxygens (including phenoxy) is 1. The lowest BCUT2D eigenvalue weighted by molar-refractivity contribution is 0.320. The van der Waals surface area contributed by atoms with E-state index in [1.54, 1.807) is 12.1 Å². The van der Waals surface area contributed by atoms with Crippen molar-refractivity contribution < 1.29 is 9.13 Å². The Morgan fingerprint density at radius 1 is 1.00 bits per heavy atom. The van der Waals surface area contributed by atoms with Gasteiger partial charge in [0, 0.05) is 18.4 Å². The number of hydrogen-bond acceptors (Lipinski definition) is 1. The summed E-state index contributed by atoms with van der Waals surface area (Å²) in [5.41, 5.74) is 2.28. The summed E-state index contributed by atoms with van der Waals surface area (Å²) >= 11 is 5.72. The quantitative estimate of drug-likeness (QED) is 0.736. The van der Waals surface area contributed by atoms with Crippen molar-refractivity contribution in [2.75, 3.05) is 6.61 Å². The molecule has 0 spiro atoms. The van der Waals surface area contributed by atoms with E-state index >= 15 is 0 Å². The first-order chi connectivity index (χ1) is 8.78. The Morgan fingerprint density at radius 3 is 2.39 bits per heavy atom. The monoisotopic (exact) mass is 264 g/mol. The van der Waals surface area contributed by atoms with Gasteiger partial charge in [0.15, 0.2) is 0 Å². The van der Waals surface area contributed by atoms with Crippen molar-refractivity contribution in [3.8, 4) is 5.75 Å². The third kappa shape index (κ3) is 3.74. The summed E-state index contributed by atoms with van der Waals surface area (Å²) in [4.78, 5) is 0. The molecular weight excluding hydrogens is 251 g/mol. The summed E-state index contributed by atoms with van der Waals surface area (Å²) in [7, 11) is 0. The normalized spacial score (nSPS) is 10.3. The fraction of sp³-hybridized carbons (Fsp3) is 0.200. The Balaban J connectivity index is 1.84. The fourth-order valence-corrected chi connectivity index (χ4v) is 1.82. The number of hydrogen-bond donors (Lipinski definition) is 0. The van der Waals surface area contributed by atoms with Gasteiger partial charge in [-0.1, -0.05) is 30.3 Å². The van der Waals surface area contributed by atoms with Gasteiger partial charge in [0.2, 0.25) is 0 Å². The van der Waals surface area contributed by atoms with Crippen molar-refractivity contribution in [3.05, 3.63) is 65.5 Å². The van der Waals surface area contributed by atoms with E-state index in [-0.39, 0.29) is 5.82 Å². The predicted octanol–water partition coefficient (Wildman–Crippen LogP) is 4.19. The first-order valence-electron chi connectivity index (χ1n) is 5.80. The SMILES string of the molecule is Fc1cccc(OCCc2ccc(CCl)cc2)c1. The van der Waals surface area contributed by atoms with Crippen LogP contribution in [0.1, 0.15) is 11.1 Å². The molecule has 0 amide bonds. The molecule has 0 unspecified atom stereocenters. The van der Waals surface area contributed by atoms with E-state index in [0.717, 1.165) is 12.0 Å². The molecule has 18 heavy (non-hydrogen) atoms. The van der Waals surface area contributed by atoms with E-state index in [1.807, 2.05) is 24.3 Å². The van der Waals surface area contributed by atoms with Crippen molar-refractivity contribution in [3.63, 3.8) is 0 Å². The van der Waals surface area contributed by atoms with Gasteiger partial charge in [0.05, 0.1) is 6.61 Å². The molecule has 1 nitrogen and oxygen atoms in total. The maximum Gasteiger partial charge on any atom is 0.126 e. The van der Waals surface area contributed by atoms with Gasteiger partial charge >= 0.3 is 0 Å². The van der Waals surface area contributed by atoms with Gasteiger partial charge in [0.25, 0.3) is 0 Å². The van der Waals surface area contributed by atoms with E-state index in [4.69, 9.17) is 16.3 Å². The molecule has 0 radical (unpaired) electrons. The van der Waals surface area contributed by atoms with Crippen molar-refractivity contribution in [1.29, 1.82) is 0 Å². The second-order valence-corrected chi connectivity index (χ2v) is 4.27. The Morgan fingerprint density at radius 2 is 1.72 bits per heavy atom. The highest BCUT2D eigenvalue weighted by molar-refractivity contribution is 6.17. The summed E-state index contributed by atoms with van der Waals surface area (Å²) in [6.07, 6.45) is 0.791. The minimum absolute atomic E-state index is 0.279. The summed E-state index contributed by atoms with van der Waals surface area (Å²) in [6, 6.07) is 14.3. The molecule has 0 aromatic heterocycles. The van der Waals surface area contributed by atoms with Crippen LogP contribution in [-0.2, 0) is 12.3 Å². The van der Waals surface area contributed by atoms with E-state index in [0.29, 0.717) is 18.2 Å². The lowest BCUT2D eigenvalue weighted by atomic mass is 10.1. The molecule has 0 N–H and O–H groups in total. The fourth-order valence-electron chi connectivity index (χ4n) is 1.64. The van der Waals surface area contributed by atoms with Crippen LogP contribution >= 0.6 is 11.6 Å². The van der Waals surface area contributed by atoms with Gasteiger partial charge in [-0.2, -0.15) is 0 Å². The molecule has 0 saturated carbocycles. The predicted molar refractivity (Wildman–Crippen MR) is 71.6 cm³/mol. The van der Waals surface area contributed by atoms with Crippen LogP contribution in [0.3, 0.4) is 0 Å². The van der Waals surface area contributed by atoms with Crippen molar-refractivity contribution in [2.45, 2.75) is 12.3 Å². The highest BCUT2D eigenvalue weighted by Gasteiger charge is 1.98. The molecule has 0 heterocycles.